The second kappa shape index (κ2) is 5.96. The molecule has 118 valence electrons. The van der Waals surface area contributed by atoms with Gasteiger partial charge in [0.2, 0.25) is 0 Å². The first-order chi connectivity index (χ1) is 11.8. The Morgan fingerprint density at radius 1 is 1.12 bits per heavy atom. The summed E-state index contributed by atoms with van der Waals surface area (Å²) < 4.78 is 5.30. The molecule has 0 atom stereocenters. The van der Waals surface area contributed by atoms with E-state index >= 15 is 0 Å². The fraction of sp³-hybridized carbons (Fsp3) is 0.0588. The zero-order valence-corrected chi connectivity index (χ0v) is 12.6. The topological polar surface area (TPSA) is 96.7 Å². The highest BCUT2D eigenvalue weighted by atomic mass is 16.3. The Morgan fingerprint density at radius 3 is 2.83 bits per heavy atom. The summed E-state index contributed by atoms with van der Waals surface area (Å²) in [5, 5.41) is 13.3. The van der Waals surface area contributed by atoms with Crippen molar-refractivity contribution in [1.82, 2.24) is 25.7 Å². The molecule has 1 amide bonds. The minimum Gasteiger partial charge on any atom is -0.463 e. The number of aromatic amines is 1. The standard InChI is InChI=1S/C17H13N5O2/c23-17(12-4-6-13-15(8-12)21-22-20-13)19-10-11-3-5-14(18-9-11)16-2-1-7-24-16/h1-9H,10H2,(H,19,23)(H,20,21,22). The second-order valence-electron chi connectivity index (χ2n) is 5.24. The largest absolute Gasteiger partial charge is 0.463 e. The maximum atomic E-state index is 12.2. The summed E-state index contributed by atoms with van der Waals surface area (Å²) in [6.07, 6.45) is 3.33. The zero-order chi connectivity index (χ0) is 16.4. The number of nitrogens with zero attached hydrogens (tertiary/aromatic N) is 3. The summed E-state index contributed by atoms with van der Waals surface area (Å²) in [6.45, 7) is 0.390. The number of carbonyl (C=O) groups is 1. The summed E-state index contributed by atoms with van der Waals surface area (Å²) in [5.74, 6) is 0.543. The van der Waals surface area contributed by atoms with E-state index < -0.39 is 0 Å². The fourth-order valence-corrected chi connectivity index (χ4v) is 2.37. The third kappa shape index (κ3) is 2.74. The molecule has 0 unspecified atom stereocenters. The number of hydrogen-bond acceptors (Lipinski definition) is 5. The first-order valence-electron chi connectivity index (χ1n) is 7.37. The van der Waals surface area contributed by atoms with Crippen molar-refractivity contribution in [2.75, 3.05) is 0 Å². The number of nitrogens with one attached hydrogen (secondary N) is 2. The van der Waals surface area contributed by atoms with Crippen LogP contribution in [-0.2, 0) is 6.54 Å². The monoisotopic (exact) mass is 319 g/mol. The molecule has 0 aliphatic heterocycles. The molecule has 0 saturated carbocycles. The Bertz CT molecular complexity index is 974. The molecule has 7 heteroatoms. The molecule has 3 aromatic heterocycles. The first-order valence-corrected chi connectivity index (χ1v) is 7.37. The molecule has 4 rings (SSSR count). The molecular weight excluding hydrogens is 306 g/mol. The van der Waals surface area contributed by atoms with E-state index in [0.29, 0.717) is 23.4 Å². The smallest absolute Gasteiger partial charge is 0.251 e. The molecule has 3 heterocycles. The van der Waals surface area contributed by atoms with Crippen molar-refractivity contribution in [3.05, 3.63) is 66.1 Å². The molecule has 1 aromatic carbocycles. The predicted octanol–water partition coefficient (Wildman–Crippen LogP) is 2.54. The van der Waals surface area contributed by atoms with Gasteiger partial charge in [-0.1, -0.05) is 6.07 Å². The van der Waals surface area contributed by atoms with Crippen molar-refractivity contribution in [1.29, 1.82) is 0 Å². The van der Waals surface area contributed by atoms with E-state index in [0.717, 1.165) is 16.8 Å². The zero-order valence-electron chi connectivity index (χ0n) is 12.6. The van der Waals surface area contributed by atoms with Crippen LogP contribution in [0.5, 0.6) is 0 Å². The van der Waals surface area contributed by atoms with Crippen molar-refractivity contribution in [3.8, 4) is 11.5 Å². The Balaban J connectivity index is 1.43. The summed E-state index contributed by atoms with van der Waals surface area (Å²) in [4.78, 5) is 16.6. The lowest BCUT2D eigenvalue weighted by Crippen LogP contribution is -2.22. The summed E-state index contributed by atoms with van der Waals surface area (Å²) >= 11 is 0. The third-order valence-corrected chi connectivity index (χ3v) is 3.63. The Kier molecular flexibility index (Phi) is 3.51. The van der Waals surface area contributed by atoms with Gasteiger partial charge >= 0.3 is 0 Å². The third-order valence-electron chi connectivity index (χ3n) is 3.63. The number of furan rings is 1. The van der Waals surface area contributed by atoms with E-state index in [4.69, 9.17) is 4.42 Å². The second-order valence-corrected chi connectivity index (χ2v) is 5.24. The average molecular weight is 319 g/mol. The molecule has 7 nitrogen and oxygen atoms in total. The molecular formula is C17H13N5O2. The van der Waals surface area contributed by atoms with Crippen LogP contribution in [0.25, 0.3) is 22.5 Å². The van der Waals surface area contributed by atoms with Crippen LogP contribution in [0.4, 0.5) is 0 Å². The van der Waals surface area contributed by atoms with Gasteiger partial charge < -0.3 is 9.73 Å². The van der Waals surface area contributed by atoms with Crippen molar-refractivity contribution < 1.29 is 9.21 Å². The van der Waals surface area contributed by atoms with Gasteiger partial charge in [-0.05, 0) is 42.0 Å². The van der Waals surface area contributed by atoms with E-state index in [-0.39, 0.29) is 5.91 Å². The molecule has 24 heavy (non-hydrogen) atoms. The lowest BCUT2D eigenvalue weighted by atomic mass is 10.2. The molecule has 0 saturated heterocycles. The number of H-pyrrole nitrogens is 1. The normalized spacial score (nSPS) is 10.8. The van der Waals surface area contributed by atoms with E-state index in [1.165, 1.54) is 0 Å². The molecule has 0 radical (unpaired) electrons. The summed E-state index contributed by atoms with van der Waals surface area (Å²) in [7, 11) is 0. The van der Waals surface area contributed by atoms with Gasteiger partial charge in [-0.2, -0.15) is 15.4 Å². The number of aromatic nitrogens is 4. The first kappa shape index (κ1) is 14.1. The van der Waals surface area contributed by atoms with Crippen molar-refractivity contribution in [3.63, 3.8) is 0 Å². The Labute approximate surface area is 136 Å². The predicted molar refractivity (Wildman–Crippen MR) is 87.0 cm³/mol. The van der Waals surface area contributed by atoms with Gasteiger partial charge in [-0.15, -0.1) is 0 Å². The molecule has 2 N–H and O–H groups in total. The van der Waals surface area contributed by atoms with Crippen molar-refractivity contribution in [2.45, 2.75) is 6.54 Å². The number of hydrogen-bond donors (Lipinski definition) is 2. The quantitative estimate of drug-likeness (QED) is 0.602. The van der Waals surface area contributed by atoms with Crippen molar-refractivity contribution in [2.24, 2.45) is 0 Å². The van der Waals surface area contributed by atoms with Gasteiger partial charge in [0.25, 0.3) is 5.91 Å². The molecule has 0 aliphatic carbocycles. The van der Waals surface area contributed by atoms with E-state index in [2.05, 4.69) is 25.7 Å². The van der Waals surface area contributed by atoms with Gasteiger partial charge in [0.15, 0.2) is 5.76 Å². The SMILES string of the molecule is O=C(NCc1ccc(-c2ccco2)nc1)c1ccc2n[nH]nc2c1. The molecule has 0 fully saturated rings. The molecule has 0 spiro atoms. The van der Waals surface area contributed by atoms with Crippen molar-refractivity contribution >= 4 is 16.9 Å². The van der Waals surface area contributed by atoms with Gasteiger partial charge in [-0.3, -0.25) is 9.78 Å². The minimum atomic E-state index is -0.171. The highest BCUT2D eigenvalue weighted by Gasteiger charge is 2.08. The number of rotatable bonds is 4. The number of pyridine rings is 1. The van der Waals surface area contributed by atoms with Crippen LogP contribution < -0.4 is 5.32 Å². The molecule has 0 aliphatic rings. The van der Waals surface area contributed by atoms with E-state index in [1.54, 1.807) is 30.7 Å². The van der Waals surface area contributed by atoms with Gasteiger partial charge in [0.1, 0.15) is 16.7 Å². The lowest BCUT2D eigenvalue weighted by molar-refractivity contribution is 0.0951. The summed E-state index contributed by atoms with van der Waals surface area (Å²) in [5.41, 5.74) is 3.58. The average Bonchev–Trinajstić information content (AvgIpc) is 3.30. The van der Waals surface area contributed by atoms with Crippen LogP contribution in [-0.4, -0.2) is 26.3 Å². The van der Waals surface area contributed by atoms with Crippen LogP contribution in [0.1, 0.15) is 15.9 Å². The summed E-state index contributed by atoms with van der Waals surface area (Å²) in [6, 6.07) is 12.6. The number of fused-ring (bicyclic) bond motifs is 1. The number of amides is 1. The fourth-order valence-electron chi connectivity index (χ4n) is 2.37. The number of carbonyl (C=O) groups excluding carboxylic acids is 1. The Morgan fingerprint density at radius 2 is 2.04 bits per heavy atom. The van der Waals surface area contributed by atoms with E-state index in [9.17, 15) is 4.79 Å². The van der Waals surface area contributed by atoms with Crippen LogP contribution in [0.15, 0.2) is 59.3 Å². The Hall–Kier alpha value is -3.48. The van der Waals surface area contributed by atoms with Crippen LogP contribution in [0.2, 0.25) is 0 Å². The minimum absolute atomic E-state index is 0.171. The molecule has 4 aromatic rings. The van der Waals surface area contributed by atoms with E-state index in [1.807, 2.05) is 24.3 Å². The lowest BCUT2D eigenvalue weighted by Gasteiger charge is -2.05. The highest BCUT2D eigenvalue weighted by molar-refractivity contribution is 5.97. The van der Waals surface area contributed by atoms with Gasteiger partial charge in [-0.25, -0.2) is 0 Å². The maximum Gasteiger partial charge on any atom is 0.251 e. The van der Waals surface area contributed by atoms with Crippen LogP contribution >= 0.6 is 0 Å². The molecule has 0 bridgehead atoms. The number of benzene rings is 1. The highest BCUT2D eigenvalue weighted by Crippen LogP contribution is 2.17. The van der Waals surface area contributed by atoms with Gasteiger partial charge in [0.05, 0.1) is 6.26 Å². The van der Waals surface area contributed by atoms with Gasteiger partial charge in [0, 0.05) is 18.3 Å². The van der Waals surface area contributed by atoms with Crippen LogP contribution in [0.3, 0.4) is 0 Å². The maximum absolute atomic E-state index is 12.2. The van der Waals surface area contributed by atoms with Crippen LogP contribution in [0, 0.1) is 0 Å².